The summed E-state index contributed by atoms with van der Waals surface area (Å²) in [6, 6.07) is 15.5. The molecule has 0 amide bonds. The van der Waals surface area contributed by atoms with Gasteiger partial charge in [0, 0.05) is 18.6 Å². The van der Waals surface area contributed by atoms with E-state index >= 15 is 0 Å². The Labute approximate surface area is 110 Å². The number of nitrogens with zero attached hydrogens (tertiary/aromatic N) is 2. The molecule has 5 heteroatoms. The largest absolute Gasteiger partial charge is 0.411 e. The molecule has 0 aliphatic heterocycles. The van der Waals surface area contributed by atoms with Crippen LogP contribution in [0.3, 0.4) is 0 Å². The SMILES string of the molecule is O=[N+]([O-])c1ccc(C/C(=N\O)c2ccccc2)cc1. The van der Waals surface area contributed by atoms with Crippen LogP contribution in [0.1, 0.15) is 11.1 Å². The van der Waals surface area contributed by atoms with Crippen molar-refractivity contribution in [2.24, 2.45) is 5.16 Å². The van der Waals surface area contributed by atoms with Gasteiger partial charge in [-0.05, 0) is 11.1 Å². The molecule has 5 nitrogen and oxygen atoms in total. The number of hydrogen-bond donors (Lipinski definition) is 1. The van der Waals surface area contributed by atoms with Crippen LogP contribution in [0.5, 0.6) is 0 Å². The third-order valence-electron chi connectivity index (χ3n) is 2.75. The van der Waals surface area contributed by atoms with Crippen LogP contribution in [0.4, 0.5) is 5.69 Å². The lowest BCUT2D eigenvalue weighted by Gasteiger charge is -2.04. The van der Waals surface area contributed by atoms with Gasteiger partial charge in [-0.2, -0.15) is 0 Å². The maximum Gasteiger partial charge on any atom is 0.269 e. The summed E-state index contributed by atoms with van der Waals surface area (Å²) in [5.74, 6) is 0. The molecule has 19 heavy (non-hydrogen) atoms. The minimum Gasteiger partial charge on any atom is -0.411 e. The molecule has 2 rings (SSSR count). The second-order valence-electron chi connectivity index (χ2n) is 4.01. The number of hydrogen-bond acceptors (Lipinski definition) is 4. The van der Waals surface area contributed by atoms with E-state index in [-0.39, 0.29) is 5.69 Å². The van der Waals surface area contributed by atoms with Gasteiger partial charge in [-0.25, -0.2) is 0 Å². The van der Waals surface area contributed by atoms with Crippen molar-refractivity contribution >= 4 is 11.4 Å². The molecular weight excluding hydrogens is 244 g/mol. The van der Waals surface area contributed by atoms with Crippen molar-refractivity contribution in [2.75, 3.05) is 0 Å². The fraction of sp³-hybridized carbons (Fsp3) is 0.0714. The average molecular weight is 256 g/mol. The van der Waals surface area contributed by atoms with Crippen LogP contribution in [0.15, 0.2) is 59.8 Å². The molecule has 0 heterocycles. The van der Waals surface area contributed by atoms with Crippen molar-refractivity contribution in [3.8, 4) is 0 Å². The molecule has 1 N–H and O–H groups in total. The minimum atomic E-state index is -0.442. The molecule has 2 aromatic carbocycles. The molecule has 0 aromatic heterocycles. The summed E-state index contributed by atoms with van der Waals surface area (Å²) in [7, 11) is 0. The number of oxime groups is 1. The average Bonchev–Trinajstić information content (AvgIpc) is 2.46. The number of nitro benzene ring substituents is 1. The van der Waals surface area contributed by atoms with Gasteiger partial charge in [0.05, 0.1) is 10.6 Å². The zero-order chi connectivity index (χ0) is 13.7. The summed E-state index contributed by atoms with van der Waals surface area (Å²) in [5.41, 5.74) is 2.24. The van der Waals surface area contributed by atoms with E-state index in [1.165, 1.54) is 12.1 Å². The van der Waals surface area contributed by atoms with Crippen LogP contribution in [-0.4, -0.2) is 15.8 Å². The maximum atomic E-state index is 10.6. The smallest absolute Gasteiger partial charge is 0.269 e. The highest BCUT2D eigenvalue weighted by Gasteiger charge is 2.08. The molecule has 0 saturated heterocycles. The fourth-order valence-corrected chi connectivity index (χ4v) is 1.75. The number of rotatable bonds is 4. The number of non-ortho nitro benzene ring substituents is 1. The first kappa shape index (κ1) is 12.8. The predicted molar refractivity (Wildman–Crippen MR) is 71.6 cm³/mol. The molecule has 0 bridgehead atoms. The number of nitro groups is 1. The zero-order valence-corrected chi connectivity index (χ0v) is 10.1. The molecule has 0 unspecified atom stereocenters. The monoisotopic (exact) mass is 256 g/mol. The van der Waals surface area contributed by atoms with E-state index in [4.69, 9.17) is 5.21 Å². The molecule has 0 atom stereocenters. The van der Waals surface area contributed by atoms with Crippen LogP contribution in [0.25, 0.3) is 0 Å². The van der Waals surface area contributed by atoms with E-state index in [9.17, 15) is 10.1 Å². The Kier molecular flexibility index (Phi) is 3.87. The molecule has 96 valence electrons. The summed E-state index contributed by atoms with van der Waals surface area (Å²) < 4.78 is 0. The Morgan fingerprint density at radius 3 is 2.26 bits per heavy atom. The molecular formula is C14H12N2O3. The van der Waals surface area contributed by atoms with E-state index in [2.05, 4.69) is 5.16 Å². The quantitative estimate of drug-likeness (QED) is 0.395. The summed E-state index contributed by atoms with van der Waals surface area (Å²) in [6.45, 7) is 0. The van der Waals surface area contributed by atoms with Gasteiger partial charge in [0.2, 0.25) is 0 Å². The van der Waals surface area contributed by atoms with Crippen molar-refractivity contribution in [2.45, 2.75) is 6.42 Å². The lowest BCUT2D eigenvalue weighted by molar-refractivity contribution is -0.384. The topological polar surface area (TPSA) is 75.7 Å². The summed E-state index contributed by atoms with van der Waals surface area (Å²) in [4.78, 5) is 10.1. The normalized spacial score (nSPS) is 11.3. The Morgan fingerprint density at radius 2 is 1.74 bits per heavy atom. The van der Waals surface area contributed by atoms with Crippen LogP contribution in [-0.2, 0) is 6.42 Å². The van der Waals surface area contributed by atoms with Crippen LogP contribution < -0.4 is 0 Å². The molecule has 0 aliphatic carbocycles. The van der Waals surface area contributed by atoms with Gasteiger partial charge in [0.15, 0.2) is 0 Å². The standard InChI is InChI=1S/C14H12N2O3/c17-15-14(12-4-2-1-3-5-12)10-11-6-8-13(9-7-11)16(18)19/h1-9,17H,10H2/b15-14+. The van der Waals surface area contributed by atoms with Crippen molar-refractivity contribution < 1.29 is 10.1 Å². The summed E-state index contributed by atoms with van der Waals surface area (Å²) in [6.07, 6.45) is 0.415. The van der Waals surface area contributed by atoms with Gasteiger partial charge in [-0.3, -0.25) is 10.1 Å². The summed E-state index contributed by atoms with van der Waals surface area (Å²) >= 11 is 0. The van der Waals surface area contributed by atoms with Gasteiger partial charge in [0.1, 0.15) is 0 Å². The third-order valence-corrected chi connectivity index (χ3v) is 2.75. The van der Waals surface area contributed by atoms with Gasteiger partial charge in [0.25, 0.3) is 5.69 Å². The van der Waals surface area contributed by atoms with Gasteiger partial charge in [-0.1, -0.05) is 47.6 Å². The summed E-state index contributed by atoms with van der Waals surface area (Å²) in [5, 5.41) is 22.9. The highest BCUT2D eigenvalue weighted by molar-refractivity contribution is 6.01. The first-order valence-electron chi connectivity index (χ1n) is 5.70. The first-order chi connectivity index (χ1) is 9.20. The van der Waals surface area contributed by atoms with E-state index < -0.39 is 4.92 Å². The highest BCUT2D eigenvalue weighted by atomic mass is 16.6. The van der Waals surface area contributed by atoms with E-state index in [0.29, 0.717) is 12.1 Å². The Balaban J connectivity index is 2.18. The van der Waals surface area contributed by atoms with E-state index in [1.54, 1.807) is 12.1 Å². The molecule has 0 spiro atoms. The number of benzene rings is 2. The van der Waals surface area contributed by atoms with Crippen molar-refractivity contribution in [1.82, 2.24) is 0 Å². The lowest BCUT2D eigenvalue weighted by Crippen LogP contribution is -2.05. The molecule has 2 aromatic rings. The van der Waals surface area contributed by atoms with Crippen molar-refractivity contribution in [3.63, 3.8) is 0 Å². The Hall–Kier alpha value is -2.69. The zero-order valence-electron chi connectivity index (χ0n) is 10.1. The molecule has 0 radical (unpaired) electrons. The van der Waals surface area contributed by atoms with Crippen LogP contribution in [0.2, 0.25) is 0 Å². The second-order valence-corrected chi connectivity index (χ2v) is 4.01. The predicted octanol–water partition coefficient (Wildman–Crippen LogP) is 3.02. The Bertz CT molecular complexity index is 592. The van der Waals surface area contributed by atoms with Gasteiger partial charge >= 0.3 is 0 Å². The minimum absolute atomic E-state index is 0.0472. The third kappa shape index (κ3) is 3.16. The van der Waals surface area contributed by atoms with Crippen LogP contribution >= 0.6 is 0 Å². The van der Waals surface area contributed by atoms with Crippen molar-refractivity contribution in [1.29, 1.82) is 0 Å². The molecule has 0 aliphatic rings. The van der Waals surface area contributed by atoms with Crippen molar-refractivity contribution in [3.05, 3.63) is 75.8 Å². The van der Waals surface area contributed by atoms with Crippen LogP contribution in [0, 0.1) is 10.1 Å². The molecule has 0 saturated carbocycles. The highest BCUT2D eigenvalue weighted by Crippen LogP contribution is 2.14. The molecule has 0 fully saturated rings. The van der Waals surface area contributed by atoms with Gasteiger partial charge < -0.3 is 5.21 Å². The maximum absolute atomic E-state index is 10.6. The Morgan fingerprint density at radius 1 is 1.11 bits per heavy atom. The van der Waals surface area contributed by atoms with E-state index in [1.807, 2.05) is 30.3 Å². The second kappa shape index (κ2) is 5.77. The van der Waals surface area contributed by atoms with Gasteiger partial charge in [-0.15, -0.1) is 0 Å². The first-order valence-corrected chi connectivity index (χ1v) is 5.70. The fourth-order valence-electron chi connectivity index (χ4n) is 1.75. The lowest BCUT2D eigenvalue weighted by atomic mass is 10.0. The van der Waals surface area contributed by atoms with E-state index in [0.717, 1.165) is 11.1 Å².